The minimum Gasteiger partial charge on any atom is -0.310 e. The van der Waals surface area contributed by atoms with E-state index in [0.717, 1.165) is 22.8 Å². The van der Waals surface area contributed by atoms with E-state index in [2.05, 4.69) is 154 Å². The number of aryl methyl sites for hydroxylation is 3. The molecule has 1 aromatic heterocycles. The van der Waals surface area contributed by atoms with Crippen LogP contribution in [-0.4, -0.2) is 14.8 Å². The van der Waals surface area contributed by atoms with Crippen molar-refractivity contribution in [3.05, 3.63) is 156 Å². The summed E-state index contributed by atoms with van der Waals surface area (Å²) in [5, 5.41) is 17.0. The molecule has 1 heterocycles. The normalized spacial score (nSPS) is 11.7. The average molecular weight is 630 g/mol. The van der Waals surface area contributed by atoms with Crippen molar-refractivity contribution < 1.29 is 0 Å². The van der Waals surface area contributed by atoms with Gasteiger partial charge in [-0.3, -0.25) is 0 Å². The van der Waals surface area contributed by atoms with Crippen molar-refractivity contribution >= 4 is 32.3 Å². The van der Waals surface area contributed by atoms with E-state index in [4.69, 9.17) is 10.2 Å². The van der Waals surface area contributed by atoms with Crippen LogP contribution in [-0.2, 0) is 7.05 Å². The molecule has 3 nitrogen and oxygen atoms in total. The molecule has 0 bridgehead atoms. The van der Waals surface area contributed by atoms with Crippen LogP contribution in [0, 0.1) is 20.8 Å². The Balaban J connectivity index is 1.43. The molecule has 0 N–H and O–H groups in total. The van der Waals surface area contributed by atoms with Gasteiger partial charge in [0.15, 0.2) is 11.6 Å². The molecular weight excluding hydrogens is 595 g/mol. The number of hydrogen-bond acceptors (Lipinski definition) is 2. The van der Waals surface area contributed by atoms with Gasteiger partial charge in [0, 0.05) is 18.2 Å². The lowest BCUT2D eigenvalue weighted by molar-refractivity contribution is 0.931. The number of hydrogen-bond donors (Lipinski definition) is 0. The maximum absolute atomic E-state index is 4.85. The Morgan fingerprint density at radius 3 is 1.16 bits per heavy atom. The third-order valence-electron chi connectivity index (χ3n) is 10.1. The van der Waals surface area contributed by atoms with Gasteiger partial charge in [-0.2, -0.15) is 0 Å². The second-order valence-corrected chi connectivity index (χ2v) is 13.4. The molecule has 0 aliphatic heterocycles. The third-order valence-corrected chi connectivity index (χ3v) is 10.1. The molecule has 0 fully saturated rings. The summed E-state index contributed by atoms with van der Waals surface area (Å²) in [4.78, 5) is 0. The molecule has 234 valence electrons. The first-order valence-electron chi connectivity index (χ1n) is 16.9. The quantitative estimate of drug-likeness (QED) is 0.177. The van der Waals surface area contributed by atoms with E-state index < -0.39 is 0 Å². The van der Waals surface area contributed by atoms with Crippen molar-refractivity contribution in [3.8, 4) is 56.2 Å². The minimum atomic E-state index is 0.849. The number of aromatic nitrogens is 3. The van der Waals surface area contributed by atoms with E-state index in [0.29, 0.717) is 0 Å². The number of nitrogens with zero attached hydrogens (tertiary/aromatic N) is 3. The summed E-state index contributed by atoms with van der Waals surface area (Å²) in [5.74, 6) is 1.70. The minimum absolute atomic E-state index is 0.849. The van der Waals surface area contributed by atoms with Crippen molar-refractivity contribution in [2.75, 3.05) is 0 Å². The largest absolute Gasteiger partial charge is 0.310 e. The SMILES string of the molecule is Cc1ccc(-c2cc(-c3ccc(C)cc3)c3ccc4c(-c5nnc(-c6ccccc6)n5C)cc(-c5ccc(C)cc5)c5ccc2c3c54)cc1. The van der Waals surface area contributed by atoms with Gasteiger partial charge in [0.05, 0.1) is 0 Å². The molecule has 0 aliphatic rings. The monoisotopic (exact) mass is 629 g/mol. The van der Waals surface area contributed by atoms with Crippen LogP contribution in [0.5, 0.6) is 0 Å². The van der Waals surface area contributed by atoms with E-state index in [1.807, 2.05) is 18.2 Å². The van der Waals surface area contributed by atoms with E-state index in [1.54, 1.807) is 0 Å². The summed E-state index contributed by atoms with van der Waals surface area (Å²) < 4.78 is 2.13. The molecule has 0 spiro atoms. The van der Waals surface area contributed by atoms with Crippen molar-refractivity contribution in [1.82, 2.24) is 14.8 Å². The Labute approximate surface area is 286 Å². The molecule has 0 atom stereocenters. The lowest BCUT2D eigenvalue weighted by atomic mass is 9.82. The molecular formula is C46H35N3. The fourth-order valence-corrected chi connectivity index (χ4v) is 7.50. The van der Waals surface area contributed by atoms with Gasteiger partial charge >= 0.3 is 0 Å². The van der Waals surface area contributed by atoms with Gasteiger partial charge in [-0.1, -0.05) is 144 Å². The van der Waals surface area contributed by atoms with Crippen molar-refractivity contribution in [3.63, 3.8) is 0 Å². The fraction of sp³-hybridized carbons (Fsp3) is 0.0870. The van der Waals surface area contributed by atoms with Gasteiger partial charge in [0.2, 0.25) is 0 Å². The Kier molecular flexibility index (Phi) is 6.70. The van der Waals surface area contributed by atoms with E-state index in [-0.39, 0.29) is 0 Å². The zero-order valence-electron chi connectivity index (χ0n) is 28.1. The van der Waals surface area contributed by atoms with Crippen LogP contribution in [0.15, 0.2) is 140 Å². The summed E-state index contributed by atoms with van der Waals surface area (Å²) in [5.41, 5.74) is 13.2. The average Bonchev–Trinajstić information content (AvgIpc) is 3.52. The standard InChI is InChI=1S/C46H35N3/c1-28-10-16-31(17-11-28)39-26-40(32-18-12-29(2)13-19-32)36-24-25-38-42(46-48-47-45(49(46)4)34-8-6-5-7-9-34)27-41(33-20-14-30(3)15-21-33)37-23-22-35(39)43(36)44(37)38/h5-27H,1-4H3. The number of rotatable bonds is 5. The lowest BCUT2D eigenvalue weighted by Crippen LogP contribution is -1.98. The zero-order chi connectivity index (χ0) is 33.2. The Hall–Kier alpha value is -6.06. The van der Waals surface area contributed by atoms with Crippen LogP contribution in [0.4, 0.5) is 0 Å². The van der Waals surface area contributed by atoms with Crippen molar-refractivity contribution in [2.45, 2.75) is 20.8 Å². The smallest absolute Gasteiger partial charge is 0.164 e. The van der Waals surface area contributed by atoms with Crippen molar-refractivity contribution in [2.24, 2.45) is 7.05 Å². The molecule has 0 amide bonds. The topological polar surface area (TPSA) is 30.7 Å². The Bertz CT molecular complexity index is 2580. The molecule has 3 heteroatoms. The van der Waals surface area contributed by atoms with Crippen LogP contribution in [0.25, 0.3) is 88.5 Å². The van der Waals surface area contributed by atoms with E-state index >= 15 is 0 Å². The third kappa shape index (κ3) is 4.73. The zero-order valence-corrected chi connectivity index (χ0v) is 28.1. The molecule has 0 saturated carbocycles. The highest BCUT2D eigenvalue weighted by atomic mass is 15.3. The summed E-state index contributed by atoms with van der Waals surface area (Å²) in [6, 6.07) is 51.1. The molecule has 0 aliphatic carbocycles. The van der Waals surface area contributed by atoms with Crippen LogP contribution in [0.3, 0.4) is 0 Å². The second kappa shape index (κ2) is 11.3. The summed E-state index contributed by atoms with van der Waals surface area (Å²) in [6.45, 7) is 6.44. The second-order valence-electron chi connectivity index (χ2n) is 13.4. The van der Waals surface area contributed by atoms with Gasteiger partial charge in [0.1, 0.15) is 0 Å². The summed E-state index contributed by atoms with van der Waals surface area (Å²) in [6.07, 6.45) is 0. The molecule has 0 saturated heterocycles. The molecule has 0 unspecified atom stereocenters. The maximum Gasteiger partial charge on any atom is 0.164 e. The predicted octanol–water partition coefficient (Wildman–Crippen LogP) is 12.0. The fourth-order valence-electron chi connectivity index (χ4n) is 7.50. The highest BCUT2D eigenvalue weighted by Gasteiger charge is 2.23. The van der Waals surface area contributed by atoms with Crippen molar-refractivity contribution in [1.29, 1.82) is 0 Å². The Morgan fingerprint density at radius 1 is 0.367 bits per heavy atom. The molecule has 8 aromatic carbocycles. The van der Waals surface area contributed by atoms with Crippen LogP contribution < -0.4 is 0 Å². The molecule has 0 radical (unpaired) electrons. The maximum atomic E-state index is 4.85. The van der Waals surface area contributed by atoms with Gasteiger partial charge < -0.3 is 4.57 Å². The van der Waals surface area contributed by atoms with Gasteiger partial charge in [0.25, 0.3) is 0 Å². The van der Waals surface area contributed by atoms with Crippen LogP contribution >= 0.6 is 0 Å². The van der Waals surface area contributed by atoms with Crippen LogP contribution in [0.2, 0.25) is 0 Å². The molecule has 9 rings (SSSR count). The number of benzene rings is 8. The molecule has 9 aromatic rings. The van der Waals surface area contributed by atoms with Gasteiger partial charge in [-0.05, 0) is 98.6 Å². The molecule has 49 heavy (non-hydrogen) atoms. The first-order chi connectivity index (χ1) is 23.9. The van der Waals surface area contributed by atoms with Crippen LogP contribution in [0.1, 0.15) is 16.7 Å². The highest BCUT2D eigenvalue weighted by molar-refractivity contribution is 6.31. The van der Waals surface area contributed by atoms with Gasteiger partial charge in [-0.25, -0.2) is 0 Å². The highest BCUT2D eigenvalue weighted by Crippen LogP contribution is 2.48. The lowest BCUT2D eigenvalue weighted by Gasteiger charge is -2.21. The Morgan fingerprint density at radius 2 is 0.735 bits per heavy atom. The predicted molar refractivity (Wildman–Crippen MR) is 206 cm³/mol. The van der Waals surface area contributed by atoms with E-state index in [1.165, 1.54) is 82.4 Å². The first-order valence-corrected chi connectivity index (χ1v) is 16.9. The first kappa shape index (κ1) is 29.1. The summed E-state index contributed by atoms with van der Waals surface area (Å²) in [7, 11) is 2.08. The van der Waals surface area contributed by atoms with E-state index in [9.17, 15) is 0 Å². The van der Waals surface area contributed by atoms with Gasteiger partial charge in [-0.15, -0.1) is 10.2 Å². The summed E-state index contributed by atoms with van der Waals surface area (Å²) >= 11 is 0.